The molecular weight excluding hydrogens is 216 g/mol. The summed E-state index contributed by atoms with van der Waals surface area (Å²) in [5.41, 5.74) is 0. The van der Waals surface area contributed by atoms with E-state index in [9.17, 15) is 4.79 Å². The summed E-state index contributed by atoms with van der Waals surface area (Å²) in [4.78, 5) is 12.8. The Kier molecular flexibility index (Phi) is 7.63. The quantitative estimate of drug-likeness (QED) is 0.289. The van der Waals surface area contributed by atoms with Crippen molar-refractivity contribution in [3.63, 3.8) is 0 Å². The Morgan fingerprint density at radius 1 is 1.12 bits per heavy atom. The Balaban J connectivity index is 1.88. The molecular formula is C13H25N2O2+. The summed E-state index contributed by atoms with van der Waals surface area (Å²) in [7, 11) is 0. The van der Waals surface area contributed by atoms with E-state index in [1.54, 1.807) is 4.90 Å². The number of piperidine rings is 1. The summed E-state index contributed by atoms with van der Waals surface area (Å²) < 4.78 is 0. The lowest BCUT2D eigenvalue weighted by atomic mass is 10.1. The second-order valence-corrected chi connectivity index (χ2v) is 4.94. The molecule has 2 N–H and O–H groups in total. The van der Waals surface area contributed by atoms with Gasteiger partial charge in [0.1, 0.15) is 6.21 Å². The molecule has 0 saturated carbocycles. The molecule has 0 spiro atoms. The fraction of sp³-hybridized carbons (Fsp3) is 0.846. The second kappa shape index (κ2) is 9.16. The van der Waals surface area contributed by atoms with Crippen LogP contribution in [0.25, 0.3) is 0 Å². The maximum absolute atomic E-state index is 11.0. The lowest BCUT2D eigenvalue weighted by molar-refractivity contribution is -0.905. The second-order valence-electron chi connectivity index (χ2n) is 4.94. The standard InChI is InChI=1S/C13H24N2O2/c16-13(12-14-17)8-4-1-2-5-9-15-10-6-3-7-11-15/h12,17H,1-11H2/p+1/b14-12-. The molecule has 4 heteroatoms. The van der Waals surface area contributed by atoms with Gasteiger partial charge in [-0.25, -0.2) is 0 Å². The van der Waals surface area contributed by atoms with E-state index in [-0.39, 0.29) is 5.78 Å². The maximum Gasteiger partial charge on any atom is 0.177 e. The van der Waals surface area contributed by atoms with Crippen LogP contribution in [0.1, 0.15) is 51.4 Å². The minimum absolute atomic E-state index is 0.0749. The number of quaternary nitrogens is 1. The fourth-order valence-electron chi connectivity index (χ4n) is 2.46. The maximum atomic E-state index is 11.0. The van der Waals surface area contributed by atoms with E-state index in [0.717, 1.165) is 19.1 Å². The summed E-state index contributed by atoms with van der Waals surface area (Å²) in [6.07, 6.45) is 10.2. The molecule has 0 radical (unpaired) electrons. The van der Waals surface area contributed by atoms with Crippen molar-refractivity contribution in [2.24, 2.45) is 5.16 Å². The highest BCUT2D eigenvalue weighted by Gasteiger charge is 2.12. The van der Waals surface area contributed by atoms with Crippen molar-refractivity contribution < 1.29 is 14.9 Å². The summed E-state index contributed by atoms with van der Waals surface area (Å²) in [6.45, 7) is 4.00. The van der Waals surface area contributed by atoms with E-state index in [4.69, 9.17) is 5.21 Å². The summed E-state index contributed by atoms with van der Waals surface area (Å²) in [6, 6.07) is 0. The van der Waals surface area contributed by atoms with Crippen LogP contribution in [0.2, 0.25) is 0 Å². The van der Waals surface area contributed by atoms with Gasteiger partial charge in [-0.15, -0.1) is 0 Å². The molecule has 0 aromatic heterocycles. The van der Waals surface area contributed by atoms with Gasteiger partial charge >= 0.3 is 0 Å². The van der Waals surface area contributed by atoms with Crippen LogP contribution in [0.15, 0.2) is 5.16 Å². The number of ketones is 1. The van der Waals surface area contributed by atoms with Crippen LogP contribution in [-0.4, -0.2) is 36.8 Å². The normalized spacial score (nSPS) is 17.6. The molecule has 0 unspecified atom stereocenters. The zero-order valence-electron chi connectivity index (χ0n) is 10.7. The van der Waals surface area contributed by atoms with E-state index in [1.807, 2.05) is 0 Å². The Morgan fingerprint density at radius 3 is 2.53 bits per heavy atom. The number of Topliss-reactive ketones (excluding diaryl/α,β-unsaturated/α-hetero) is 1. The molecule has 1 fully saturated rings. The van der Waals surface area contributed by atoms with Crippen molar-refractivity contribution in [3.05, 3.63) is 0 Å². The molecule has 0 aromatic rings. The van der Waals surface area contributed by atoms with Gasteiger partial charge in [0.2, 0.25) is 0 Å². The third kappa shape index (κ3) is 7.10. The van der Waals surface area contributed by atoms with Gasteiger partial charge in [0.15, 0.2) is 5.78 Å². The monoisotopic (exact) mass is 241 g/mol. The number of unbranched alkanes of at least 4 members (excludes halogenated alkanes) is 3. The number of hydrogen-bond donors (Lipinski definition) is 2. The zero-order valence-corrected chi connectivity index (χ0v) is 10.7. The smallest absolute Gasteiger partial charge is 0.177 e. The Bertz CT molecular complexity index is 236. The van der Waals surface area contributed by atoms with Crippen LogP contribution >= 0.6 is 0 Å². The van der Waals surface area contributed by atoms with Gasteiger partial charge in [-0.05, 0) is 38.5 Å². The predicted octanol–water partition coefficient (Wildman–Crippen LogP) is 1.03. The lowest BCUT2D eigenvalue weighted by Crippen LogP contribution is -3.12. The first-order valence-corrected chi connectivity index (χ1v) is 6.87. The Labute approximate surface area is 104 Å². The fourth-order valence-corrected chi connectivity index (χ4v) is 2.46. The highest BCUT2D eigenvalue weighted by molar-refractivity contribution is 6.27. The molecule has 0 bridgehead atoms. The summed E-state index contributed by atoms with van der Waals surface area (Å²) in [5, 5.41) is 10.9. The van der Waals surface area contributed by atoms with Gasteiger partial charge in [0.05, 0.1) is 19.6 Å². The predicted molar refractivity (Wildman–Crippen MR) is 67.8 cm³/mol. The van der Waals surface area contributed by atoms with E-state index >= 15 is 0 Å². The van der Waals surface area contributed by atoms with Gasteiger partial charge < -0.3 is 10.1 Å². The van der Waals surface area contributed by atoms with Gasteiger partial charge in [0.25, 0.3) is 0 Å². The molecule has 0 aromatic carbocycles. The third-order valence-electron chi connectivity index (χ3n) is 3.47. The number of oxime groups is 1. The SMILES string of the molecule is O=C(/C=N\O)CCCCCC[NH+]1CCCCC1. The van der Waals surface area contributed by atoms with Gasteiger partial charge in [-0.1, -0.05) is 11.6 Å². The number of hydrogen-bond acceptors (Lipinski definition) is 3. The Morgan fingerprint density at radius 2 is 1.82 bits per heavy atom. The largest absolute Gasteiger partial charge is 0.411 e. The van der Waals surface area contributed by atoms with Crippen LogP contribution in [0.3, 0.4) is 0 Å². The Hall–Kier alpha value is -0.900. The molecule has 0 amide bonds. The van der Waals surface area contributed by atoms with Crippen molar-refractivity contribution in [1.82, 2.24) is 0 Å². The summed E-state index contributed by atoms with van der Waals surface area (Å²) >= 11 is 0. The average molecular weight is 241 g/mol. The molecule has 1 rings (SSSR count). The van der Waals surface area contributed by atoms with E-state index in [1.165, 1.54) is 51.7 Å². The van der Waals surface area contributed by atoms with Gasteiger partial charge in [0, 0.05) is 6.42 Å². The number of nitrogens with one attached hydrogen (secondary N) is 1. The topological polar surface area (TPSA) is 54.1 Å². The third-order valence-corrected chi connectivity index (χ3v) is 3.47. The number of nitrogens with zero attached hydrogens (tertiary/aromatic N) is 1. The molecule has 0 atom stereocenters. The van der Waals surface area contributed by atoms with Gasteiger partial charge in [-0.3, -0.25) is 4.79 Å². The number of carbonyl (C=O) groups excluding carboxylic acids is 1. The highest BCUT2D eigenvalue weighted by atomic mass is 16.4. The molecule has 4 nitrogen and oxygen atoms in total. The van der Waals surface area contributed by atoms with Crippen LogP contribution in [-0.2, 0) is 4.79 Å². The minimum atomic E-state index is -0.0749. The van der Waals surface area contributed by atoms with Crippen LogP contribution in [0, 0.1) is 0 Å². The molecule has 1 saturated heterocycles. The zero-order chi connectivity index (χ0) is 12.3. The number of rotatable bonds is 8. The van der Waals surface area contributed by atoms with Crippen LogP contribution < -0.4 is 4.90 Å². The minimum Gasteiger partial charge on any atom is -0.411 e. The molecule has 1 heterocycles. The molecule has 1 aliphatic heterocycles. The number of carbonyl (C=O) groups is 1. The van der Waals surface area contributed by atoms with Crippen molar-refractivity contribution in [3.8, 4) is 0 Å². The highest BCUT2D eigenvalue weighted by Crippen LogP contribution is 2.02. The first-order chi connectivity index (χ1) is 8.33. The first kappa shape index (κ1) is 14.2. The average Bonchev–Trinajstić information content (AvgIpc) is 2.35. The van der Waals surface area contributed by atoms with Crippen LogP contribution in [0.5, 0.6) is 0 Å². The lowest BCUT2D eigenvalue weighted by Gasteiger charge is -2.23. The number of likely N-dealkylation sites (tertiary alicyclic amines) is 1. The molecule has 0 aliphatic carbocycles. The van der Waals surface area contributed by atoms with Crippen molar-refractivity contribution in [2.45, 2.75) is 51.4 Å². The molecule has 1 aliphatic rings. The van der Waals surface area contributed by atoms with Crippen molar-refractivity contribution >= 4 is 12.0 Å². The summed E-state index contributed by atoms with van der Waals surface area (Å²) in [5.74, 6) is -0.0749. The van der Waals surface area contributed by atoms with E-state index < -0.39 is 0 Å². The molecule has 17 heavy (non-hydrogen) atoms. The van der Waals surface area contributed by atoms with E-state index in [0.29, 0.717) is 6.42 Å². The van der Waals surface area contributed by atoms with Crippen LogP contribution in [0.4, 0.5) is 0 Å². The van der Waals surface area contributed by atoms with E-state index in [2.05, 4.69) is 5.16 Å². The van der Waals surface area contributed by atoms with Crippen molar-refractivity contribution in [2.75, 3.05) is 19.6 Å². The molecule has 98 valence electrons. The first-order valence-electron chi connectivity index (χ1n) is 6.87. The van der Waals surface area contributed by atoms with Gasteiger partial charge in [-0.2, -0.15) is 0 Å². The van der Waals surface area contributed by atoms with Crippen molar-refractivity contribution in [1.29, 1.82) is 0 Å².